The molecule has 1 amide bonds. The van der Waals surface area contributed by atoms with Gasteiger partial charge in [-0.3, -0.25) is 4.79 Å². The molecule has 1 heterocycles. The van der Waals surface area contributed by atoms with Crippen molar-refractivity contribution in [1.29, 1.82) is 0 Å². The smallest absolute Gasteiger partial charge is 0.227 e. The minimum atomic E-state index is -3.12. The molecule has 0 bridgehead atoms. The third-order valence-electron chi connectivity index (χ3n) is 4.48. The van der Waals surface area contributed by atoms with Crippen LogP contribution in [-0.2, 0) is 14.8 Å². The first-order valence-corrected chi connectivity index (χ1v) is 9.10. The second kappa shape index (κ2) is 6.87. The van der Waals surface area contributed by atoms with Gasteiger partial charge in [0.25, 0.3) is 0 Å². The molecule has 20 heavy (non-hydrogen) atoms. The van der Waals surface area contributed by atoms with Crippen molar-refractivity contribution in [3.05, 3.63) is 0 Å². The number of piperidine rings is 1. The molecule has 1 rings (SSSR count). The van der Waals surface area contributed by atoms with Crippen molar-refractivity contribution in [2.24, 2.45) is 11.1 Å². The molecule has 0 aromatic carbocycles. The molecule has 1 aliphatic rings. The second-order valence-electron chi connectivity index (χ2n) is 5.60. The third kappa shape index (κ3) is 3.93. The van der Waals surface area contributed by atoms with Crippen LogP contribution < -0.4 is 11.1 Å². The van der Waals surface area contributed by atoms with Crippen LogP contribution in [0.15, 0.2) is 0 Å². The Balaban J connectivity index is 2.58. The van der Waals surface area contributed by atoms with Gasteiger partial charge in [0, 0.05) is 25.7 Å². The van der Waals surface area contributed by atoms with Crippen LogP contribution in [0.5, 0.6) is 0 Å². The first-order valence-electron chi connectivity index (χ1n) is 7.25. The van der Waals surface area contributed by atoms with Crippen LogP contribution in [0.3, 0.4) is 0 Å². The summed E-state index contributed by atoms with van der Waals surface area (Å²) in [6.07, 6.45) is 3.97. The Kier molecular flexibility index (Phi) is 5.97. The van der Waals surface area contributed by atoms with Crippen molar-refractivity contribution in [2.45, 2.75) is 45.6 Å². The first-order chi connectivity index (χ1) is 9.29. The van der Waals surface area contributed by atoms with E-state index in [9.17, 15) is 13.2 Å². The van der Waals surface area contributed by atoms with Gasteiger partial charge >= 0.3 is 0 Å². The van der Waals surface area contributed by atoms with E-state index >= 15 is 0 Å². The number of nitrogens with two attached hydrogens (primary N) is 1. The number of rotatable bonds is 6. The largest absolute Gasteiger partial charge is 0.353 e. The monoisotopic (exact) mass is 305 g/mol. The second-order valence-corrected chi connectivity index (χ2v) is 7.58. The highest BCUT2D eigenvalue weighted by Gasteiger charge is 2.35. The highest BCUT2D eigenvalue weighted by molar-refractivity contribution is 7.88. The van der Waals surface area contributed by atoms with E-state index in [1.54, 1.807) is 0 Å². The molecule has 118 valence electrons. The molecule has 0 aromatic heterocycles. The molecule has 3 N–H and O–H groups in total. The van der Waals surface area contributed by atoms with Gasteiger partial charge in [-0.1, -0.05) is 13.8 Å². The molecule has 0 saturated carbocycles. The van der Waals surface area contributed by atoms with Gasteiger partial charge in [0.05, 0.1) is 11.7 Å². The number of hydrogen-bond donors (Lipinski definition) is 2. The molecular weight excluding hydrogens is 278 g/mol. The van der Waals surface area contributed by atoms with Gasteiger partial charge in [-0.15, -0.1) is 0 Å². The minimum absolute atomic E-state index is 0.00260. The maximum absolute atomic E-state index is 12.4. The summed E-state index contributed by atoms with van der Waals surface area (Å²) < 4.78 is 24.3. The summed E-state index contributed by atoms with van der Waals surface area (Å²) >= 11 is 0. The molecule has 6 nitrogen and oxygen atoms in total. The van der Waals surface area contributed by atoms with Gasteiger partial charge in [-0.2, -0.15) is 0 Å². The number of carbonyl (C=O) groups excluding carboxylic acids is 1. The molecule has 1 aliphatic heterocycles. The third-order valence-corrected chi connectivity index (χ3v) is 5.79. The lowest BCUT2D eigenvalue weighted by Crippen LogP contribution is -2.52. The minimum Gasteiger partial charge on any atom is -0.353 e. The van der Waals surface area contributed by atoms with Crippen LogP contribution in [-0.4, -0.2) is 50.6 Å². The van der Waals surface area contributed by atoms with E-state index in [2.05, 4.69) is 5.32 Å². The zero-order valence-electron chi connectivity index (χ0n) is 12.7. The summed E-state index contributed by atoms with van der Waals surface area (Å²) in [6.45, 7) is 5.23. The molecule has 0 atom stereocenters. The van der Waals surface area contributed by atoms with E-state index < -0.39 is 15.4 Å². The van der Waals surface area contributed by atoms with Crippen LogP contribution >= 0.6 is 0 Å². The van der Waals surface area contributed by atoms with Crippen molar-refractivity contribution in [3.63, 3.8) is 0 Å². The SMILES string of the molecule is CCC(CC)(CN)C(=O)NC1CCN(S(C)(=O)=O)CC1. The van der Waals surface area contributed by atoms with Gasteiger partial charge in [-0.05, 0) is 25.7 Å². The van der Waals surface area contributed by atoms with E-state index in [0.717, 1.165) is 0 Å². The topological polar surface area (TPSA) is 92.5 Å². The van der Waals surface area contributed by atoms with Crippen LogP contribution in [0, 0.1) is 5.41 Å². The van der Waals surface area contributed by atoms with Crippen LogP contribution in [0.1, 0.15) is 39.5 Å². The Morgan fingerprint density at radius 3 is 2.15 bits per heavy atom. The molecule has 0 spiro atoms. The predicted octanol–water partition coefficient (Wildman–Crippen LogP) is 0.292. The summed E-state index contributed by atoms with van der Waals surface area (Å²) in [4.78, 5) is 12.4. The molecule has 1 fully saturated rings. The molecule has 0 aromatic rings. The first kappa shape index (κ1) is 17.4. The van der Waals surface area contributed by atoms with Gasteiger partial charge in [0.15, 0.2) is 0 Å². The van der Waals surface area contributed by atoms with E-state index in [1.807, 2.05) is 13.8 Å². The number of amides is 1. The lowest BCUT2D eigenvalue weighted by atomic mass is 9.81. The van der Waals surface area contributed by atoms with Gasteiger partial charge in [0.1, 0.15) is 0 Å². The van der Waals surface area contributed by atoms with Crippen molar-refractivity contribution in [3.8, 4) is 0 Å². The van der Waals surface area contributed by atoms with Crippen LogP contribution in [0.4, 0.5) is 0 Å². The lowest BCUT2D eigenvalue weighted by molar-refractivity contribution is -0.132. The van der Waals surface area contributed by atoms with E-state index in [1.165, 1.54) is 10.6 Å². The Morgan fingerprint density at radius 2 is 1.80 bits per heavy atom. The fourth-order valence-electron chi connectivity index (χ4n) is 2.62. The average Bonchev–Trinajstić information content (AvgIpc) is 2.41. The predicted molar refractivity (Wildman–Crippen MR) is 79.7 cm³/mol. The molecule has 0 unspecified atom stereocenters. The van der Waals surface area contributed by atoms with E-state index in [0.29, 0.717) is 45.3 Å². The van der Waals surface area contributed by atoms with Crippen LogP contribution in [0.25, 0.3) is 0 Å². The van der Waals surface area contributed by atoms with Gasteiger partial charge < -0.3 is 11.1 Å². The molecule has 1 saturated heterocycles. The summed E-state index contributed by atoms with van der Waals surface area (Å²) in [5.41, 5.74) is 5.27. The zero-order valence-corrected chi connectivity index (χ0v) is 13.5. The van der Waals surface area contributed by atoms with Crippen LogP contribution in [0.2, 0.25) is 0 Å². The number of sulfonamides is 1. The lowest BCUT2D eigenvalue weighted by Gasteiger charge is -2.34. The van der Waals surface area contributed by atoms with Crippen molar-refractivity contribution in [2.75, 3.05) is 25.9 Å². The van der Waals surface area contributed by atoms with Crippen molar-refractivity contribution in [1.82, 2.24) is 9.62 Å². The maximum Gasteiger partial charge on any atom is 0.227 e. The molecular formula is C13H27N3O3S. The zero-order chi connectivity index (χ0) is 15.4. The number of nitrogens with zero attached hydrogens (tertiary/aromatic N) is 1. The Bertz CT molecular complexity index is 416. The number of nitrogens with one attached hydrogen (secondary N) is 1. The molecule has 7 heteroatoms. The fourth-order valence-corrected chi connectivity index (χ4v) is 3.50. The maximum atomic E-state index is 12.4. The standard InChI is InChI=1S/C13H27N3O3S/c1-4-13(5-2,10-14)12(17)15-11-6-8-16(9-7-11)20(3,18)19/h11H,4-10,14H2,1-3H3,(H,15,17). The summed E-state index contributed by atoms with van der Waals surface area (Å²) in [6, 6.07) is 0.0459. The highest BCUT2D eigenvalue weighted by Crippen LogP contribution is 2.26. The quantitative estimate of drug-likeness (QED) is 0.738. The molecule has 0 aliphatic carbocycles. The van der Waals surface area contributed by atoms with E-state index in [4.69, 9.17) is 5.73 Å². The number of hydrogen-bond acceptors (Lipinski definition) is 4. The summed E-state index contributed by atoms with van der Waals surface area (Å²) in [7, 11) is -3.12. The molecule has 0 radical (unpaired) electrons. The summed E-state index contributed by atoms with van der Waals surface area (Å²) in [5.74, 6) is 0.00260. The highest BCUT2D eigenvalue weighted by atomic mass is 32.2. The Hall–Kier alpha value is -0.660. The normalized spacial score (nSPS) is 19.0. The van der Waals surface area contributed by atoms with Gasteiger partial charge in [0.2, 0.25) is 15.9 Å². The van der Waals surface area contributed by atoms with Gasteiger partial charge in [-0.25, -0.2) is 12.7 Å². The van der Waals surface area contributed by atoms with Crippen molar-refractivity contribution < 1.29 is 13.2 Å². The van der Waals surface area contributed by atoms with E-state index in [-0.39, 0.29) is 11.9 Å². The average molecular weight is 305 g/mol. The van der Waals surface area contributed by atoms with Crippen molar-refractivity contribution >= 4 is 15.9 Å². The Labute approximate surface area is 122 Å². The number of carbonyl (C=O) groups is 1. The Morgan fingerprint density at radius 1 is 1.30 bits per heavy atom. The fraction of sp³-hybridized carbons (Fsp3) is 0.923. The summed E-state index contributed by atoms with van der Waals surface area (Å²) in [5, 5.41) is 3.04.